The van der Waals surface area contributed by atoms with Crippen LogP contribution in [0.25, 0.3) is 0 Å². The summed E-state index contributed by atoms with van der Waals surface area (Å²) < 4.78 is 1.55. The molecular formula is C15H23NO3. The molecule has 0 aliphatic rings. The van der Waals surface area contributed by atoms with E-state index in [9.17, 15) is 9.59 Å². The lowest BCUT2D eigenvalue weighted by Gasteiger charge is -2.09. The Labute approximate surface area is 114 Å². The zero-order valence-corrected chi connectivity index (χ0v) is 11.8. The van der Waals surface area contributed by atoms with Crippen molar-refractivity contribution in [3.63, 3.8) is 0 Å². The second kappa shape index (κ2) is 7.77. The van der Waals surface area contributed by atoms with Gasteiger partial charge in [0, 0.05) is 12.7 Å². The zero-order valence-electron chi connectivity index (χ0n) is 11.8. The number of hydrogen-bond acceptors (Lipinski definition) is 2. The topological polar surface area (TPSA) is 59.3 Å². The van der Waals surface area contributed by atoms with Gasteiger partial charge in [-0.1, -0.05) is 33.1 Å². The summed E-state index contributed by atoms with van der Waals surface area (Å²) in [6.07, 6.45) is 7.80. The Hall–Kier alpha value is -1.58. The fraction of sp³-hybridized carbons (Fsp3) is 0.600. The Morgan fingerprint density at radius 1 is 1.21 bits per heavy atom. The van der Waals surface area contributed by atoms with E-state index in [0.29, 0.717) is 6.54 Å². The second-order valence-corrected chi connectivity index (χ2v) is 4.88. The summed E-state index contributed by atoms with van der Waals surface area (Å²) in [5.41, 5.74) is 0.451. The molecule has 19 heavy (non-hydrogen) atoms. The minimum absolute atomic E-state index is 0.106. The molecule has 0 aliphatic heterocycles. The molecule has 0 atom stereocenters. The summed E-state index contributed by atoms with van der Waals surface area (Å²) in [6.45, 7) is 4.77. The normalized spacial score (nSPS) is 10.6. The number of rotatable bonds is 8. The van der Waals surface area contributed by atoms with Gasteiger partial charge in [0.15, 0.2) is 0 Å². The number of carbonyl (C=O) groups is 1. The minimum atomic E-state index is -1.13. The lowest BCUT2D eigenvalue weighted by Crippen LogP contribution is -2.26. The number of aromatic carboxylic acids is 1. The Morgan fingerprint density at radius 3 is 2.47 bits per heavy atom. The summed E-state index contributed by atoms with van der Waals surface area (Å²) in [5.74, 6) is -1.13. The molecule has 0 fully saturated rings. The number of carboxylic acids is 1. The summed E-state index contributed by atoms with van der Waals surface area (Å²) in [7, 11) is 0. The quantitative estimate of drug-likeness (QED) is 0.735. The fourth-order valence-electron chi connectivity index (χ4n) is 2.06. The number of aromatic nitrogens is 1. The van der Waals surface area contributed by atoms with Crippen LogP contribution in [0.2, 0.25) is 0 Å². The van der Waals surface area contributed by atoms with Gasteiger partial charge in [-0.05, 0) is 30.9 Å². The largest absolute Gasteiger partial charge is 0.477 e. The summed E-state index contributed by atoms with van der Waals surface area (Å²) in [5, 5.41) is 9.10. The van der Waals surface area contributed by atoms with Crippen molar-refractivity contribution in [1.29, 1.82) is 0 Å². The third kappa shape index (κ3) is 4.54. The summed E-state index contributed by atoms with van der Waals surface area (Å²) in [6, 6.07) is 1.53. The average Bonchev–Trinajstić information content (AvgIpc) is 2.38. The number of unbranched alkanes of at least 4 members (excludes halogenated alkanes) is 3. The maximum absolute atomic E-state index is 12.0. The Morgan fingerprint density at radius 2 is 1.89 bits per heavy atom. The van der Waals surface area contributed by atoms with E-state index in [-0.39, 0.29) is 11.1 Å². The standard InChI is InChI=1S/C15H23NO3/c1-3-5-7-8-12-10-13(15(18)19)14(17)16(11-12)9-6-4-2/h10-11H,3-9H2,1-2H3,(H,18,19). The first-order valence-corrected chi connectivity index (χ1v) is 7.06. The third-order valence-corrected chi connectivity index (χ3v) is 3.19. The first kappa shape index (κ1) is 15.5. The van der Waals surface area contributed by atoms with Gasteiger partial charge in [0.05, 0.1) is 0 Å². The number of nitrogens with zero attached hydrogens (tertiary/aromatic N) is 1. The fourth-order valence-corrected chi connectivity index (χ4v) is 2.06. The van der Waals surface area contributed by atoms with Crippen LogP contribution in [0.3, 0.4) is 0 Å². The predicted octanol–water partition coefficient (Wildman–Crippen LogP) is 3.08. The third-order valence-electron chi connectivity index (χ3n) is 3.19. The van der Waals surface area contributed by atoms with E-state index in [4.69, 9.17) is 5.11 Å². The molecule has 4 heteroatoms. The van der Waals surface area contributed by atoms with Gasteiger partial charge in [-0.2, -0.15) is 0 Å². The molecule has 1 heterocycles. The monoisotopic (exact) mass is 265 g/mol. The highest BCUT2D eigenvalue weighted by Gasteiger charge is 2.12. The molecule has 0 aliphatic carbocycles. The Kier molecular flexibility index (Phi) is 6.33. The maximum atomic E-state index is 12.0. The molecule has 1 aromatic heterocycles. The van der Waals surface area contributed by atoms with E-state index in [1.807, 2.05) is 13.1 Å². The van der Waals surface area contributed by atoms with Gasteiger partial charge < -0.3 is 9.67 Å². The first-order chi connectivity index (χ1) is 9.10. The molecule has 0 saturated heterocycles. The van der Waals surface area contributed by atoms with Crippen LogP contribution in [-0.2, 0) is 13.0 Å². The lowest BCUT2D eigenvalue weighted by atomic mass is 10.1. The number of hydrogen-bond donors (Lipinski definition) is 1. The predicted molar refractivity (Wildman–Crippen MR) is 75.8 cm³/mol. The van der Waals surface area contributed by atoms with E-state index in [0.717, 1.165) is 44.1 Å². The maximum Gasteiger partial charge on any atom is 0.341 e. The van der Waals surface area contributed by atoms with Crippen molar-refractivity contribution >= 4 is 5.97 Å². The molecule has 106 valence electrons. The highest BCUT2D eigenvalue weighted by atomic mass is 16.4. The molecule has 4 nitrogen and oxygen atoms in total. The van der Waals surface area contributed by atoms with E-state index >= 15 is 0 Å². The van der Waals surface area contributed by atoms with E-state index in [2.05, 4.69) is 6.92 Å². The molecule has 0 spiro atoms. The van der Waals surface area contributed by atoms with Crippen molar-refractivity contribution in [3.05, 3.63) is 33.7 Å². The molecular weight excluding hydrogens is 242 g/mol. The highest BCUT2D eigenvalue weighted by molar-refractivity contribution is 5.87. The highest BCUT2D eigenvalue weighted by Crippen LogP contribution is 2.08. The lowest BCUT2D eigenvalue weighted by molar-refractivity contribution is 0.0694. The van der Waals surface area contributed by atoms with Gasteiger partial charge in [0.1, 0.15) is 5.56 Å². The van der Waals surface area contributed by atoms with Crippen LogP contribution in [0.1, 0.15) is 61.9 Å². The smallest absolute Gasteiger partial charge is 0.341 e. The van der Waals surface area contributed by atoms with Crippen LogP contribution >= 0.6 is 0 Å². The van der Waals surface area contributed by atoms with Gasteiger partial charge in [-0.15, -0.1) is 0 Å². The van der Waals surface area contributed by atoms with Crippen molar-refractivity contribution in [2.45, 2.75) is 58.9 Å². The Bertz CT molecular complexity index is 477. The molecule has 1 N–H and O–H groups in total. The minimum Gasteiger partial charge on any atom is -0.477 e. The Balaban J connectivity index is 3.01. The molecule has 1 aromatic rings. The van der Waals surface area contributed by atoms with Crippen LogP contribution in [0, 0.1) is 0 Å². The van der Waals surface area contributed by atoms with Crippen LogP contribution in [0.4, 0.5) is 0 Å². The van der Waals surface area contributed by atoms with Crippen LogP contribution in [0.5, 0.6) is 0 Å². The second-order valence-electron chi connectivity index (χ2n) is 4.88. The zero-order chi connectivity index (χ0) is 14.3. The SMILES string of the molecule is CCCCCc1cc(C(=O)O)c(=O)n(CCCC)c1. The van der Waals surface area contributed by atoms with Gasteiger partial charge in [0.25, 0.3) is 5.56 Å². The van der Waals surface area contributed by atoms with Crippen LogP contribution in [0.15, 0.2) is 17.1 Å². The van der Waals surface area contributed by atoms with E-state index in [1.54, 1.807) is 4.57 Å². The first-order valence-electron chi connectivity index (χ1n) is 7.06. The van der Waals surface area contributed by atoms with Crippen molar-refractivity contribution in [2.24, 2.45) is 0 Å². The molecule has 0 bridgehead atoms. The van der Waals surface area contributed by atoms with Crippen molar-refractivity contribution < 1.29 is 9.90 Å². The van der Waals surface area contributed by atoms with E-state index < -0.39 is 5.97 Å². The number of aryl methyl sites for hydroxylation is 2. The van der Waals surface area contributed by atoms with Crippen LogP contribution < -0.4 is 5.56 Å². The summed E-state index contributed by atoms with van der Waals surface area (Å²) >= 11 is 0. The van der Waals surface area contributed by atoms with Crippen molar-refractivity contribution in [2.75, 3.05) is 0 Å². The van der Waals surface area contributed by atoms with Gasteiger partial charge in [0.2, 0.25) is 0 Å². The van der Waals surface area contributed by atoms with E-state index in [1.165, 1.54) is 6.07 Å². The summed E-state index contributed by atoms with van der Waals surface area (Å²) in [4.78, 5) is 23.1. The number of pyridine rings is 1. The van der Waals surface area contributed by atoms with Gasteiger partial charge in [-0.3, -0.25) is 4.79 Å². The molecule has 0 amide bonds. The van der Waals surface area contributed by atoms with Gasteiger partial charge >= 0.3 is 5.97 Å². The molecule has 0 aromatic carbocycles. The van der Waals surface area contributed by atoms with Crippen LogP contribution in [-0.4, -0.2) is 15.6 Å². The van der Waals surface area contributed by atoms with Gasteiger partial charge in [-0.25, -0.2) is 4.79 Å². The molecule has 0 saturated carbocycles. The molecule has 0 unspecified atom stereocenters. The average molecular weight is 265 g/mol. The molecule has 0 radical (unpaired) electrons. The number of carboxylic acid groups (broad SMARTS) is 1. The molecule has 1 rings (SSSR count). The van der Waals surface area contributed by atoms with Crippen molar-refractivity contribution in [1.82, 2.24) is 4.57 Å². The van der Waals surface area contributed by atoms with Crippen molar-refractivity contribution in [3.8, 4) is 0 Å².